The Balaban J connectivity index is 2.16. The second kappa shape index (κ2) is 4.74. The number of carbonyl (C=O) groups excluding carboxylic acids is 1. The van der Waals surface area contributed by atoms with Gasteiger partial charge in [0.05, 0.1) is 10.2 Å². The van der Waals surface area contributed by atoms with E-state index in [1.807, 2.05) is 17.5 Å². The largest absolute Gasteiger partial charge is 0.294 e. The summed E-state index contributed by atoms with van der Waals surface area (Å²) in [4.78, 5) is 16.2. The fraction of sp³-hybridized carbons (Fsp3) is 0.385. The lowest BCUT2D eigenvalue weighted by atomic mass is 10.0. The Morgan fingerprint density at radius 3 is 3.06 bits per heavy atom. The molecule has 0 aliphatic rings. The molecule has 84 valence electrons. The molecule has 0 saturated heterocycles. The first kappa shape index (κ1) is 11.3. The van der Waals surface area contributed by atoms with Crippen LogP contribution in [0.4, 0.5) is 0 Å². The second-order valence-corrected chi connectivity index (χ2v) is 5.33. The molecule has 0 unspecified atom stereocenters. The van der Waals surface area contributed by atoms with Crippen LogP contribution in [-0.4, -0.2) is 10.8 Å². The number of hydrogen-bond donors (Lipinski definition) is 0. The summed E-state index contributed by atoms with van der Waals surface area (Å²) in [7, 11) is 0. The Morgan fingerprint density at radius 2 is 2.31 bits per heavy atom. The number of thiophene rings is 1. The van der Waals surface area contributed by atoms with Crippen molar-refractivity contribution in [3.05, 3.63) is 29.3 Å². The van der Waals surface area contributed by atoms with E-state index in [1.165, 1.54) is 0 Å². The Kier molecular flexibility index (Phi) is 3.34. The van der Waals surface area contributed by atoms with E-state index < -0.39 is 0 Å². The molecule has 0 atom stereocenters. The van der Waals surface area contributed by atoms with Gasteiger partial charge in [0.25, 0.3) is 0 Å². The van der Waals surface area contributed by atoms with Crippen molar-refractivity contribution in [2.45, 2.75) is 26.7 Å². The average Bonchev–Trinajstić information content (AvgIpc) is 2.72. The summed E-state index contributed by atoms with van der Waals surface area (Å²) >= 11 is 1.63. The maximum atomic E-state index is 11.9. The quantitative estimate of drug-likeness (QED) is 0.749. The van der Waals surface area contributed by atoms with Gasteiger partial charge < -0.3 is 0 Å². The zero-order chi connectivity index (χ0) is 11.5. The second-order valence-electron chi connectivity index (χ2n) is 4.38. The lowest BCUT2D eigenvalue weighted by molar-refractivity contribution is 0.0975. The fourth-order valence-corrected chi connectivity index (χ4v) is 2.34. The zero-order valence-corrected chi connectivity index (χ0v) is 10.4. The highest BCUT2D eigenvalue weighted by molar-refractivity contribution is 7.17. The van der Waals surface area contributed by atoms with Crippen molar-refractivity contribution in [1.29, 1.82) is 0 Å². The molecule has 2 aromatic heterocycles. The van der Waals surface area contributed by atoms with Gasteiger partial charge in [-0.1, -0.05) is 13.8 Å². The summed E-state index contributed by atoms with van der Waals surface area (Å²) in [6, 6.07) is 3.93. The molecule has 0 aliphatic heterocycles. The van der Waals surface area contributed by atoms with Crippen LogP contribution in [0.15, 0.2) is 23.7 Å². The van der Waals surface area contributed by atoms with Gasteiger partial charge in [-0.25, -0.2) is 0 Å². The van der Waals surface area contributed by atoms with Crippen LogP contribution in [0.1, 0.15) is 37.0 Å². The predicted octanol–water partition coefficient (Wildman–Crippen LogP) is 3.92. The summed E-state index contributed by atoms with van der Waals surface area (Å²) in [6.45, 7) is 4.27. The predicted molar refractivity (Wildman–Crippen MR) is 68.0 cm³/mol. The van der Waals surface area contributed by atoms with Crippen molar-refractivity contribution in [1.82, 2.24) is 4.98 Å². The fourth-order valence-electron chi connectivity index (χ4n) is 1.56. The molecule has 0 amide bonds. The van der Waals surface area contributed by atoms with Crippen LogP contribution >= 0.6 is 11.3 Å². The Bertz CT molecular complexity index is 501. The van der Waals surface area contributed by atoms with Crippen molar-refractivity contribution in [3.8, 4) is 0 Å². The van der Waals surface area contributed by atoms with Crippen LogP contribution < -0.4 is 0 Å². The number of fused-ring (bicyclic) bond motifs is 1. The highest BCUT2D eigenvalue weighted by Gasteiger charge is 2.08. The molecule has 2 nitrogen and oxygen atoms in total. The van der Waals surface area contributed by atoms with Crippen molar-refractivity contribution < 1.29 is 4.79 Å². The summed E-state index contributed by atoms with van der Waals surface area (Å²) < 4.78 is 1.09. The van der Waals surface area contributed by atoms with E-state index in [2.05, 4.69) is 18.8 Å². The van der Waals surface area contributed by atoms with E-state index in [-0.39, 0.29) is 5.78 Å². The van der Waals surface area contributed by atoms with Crippen molar-refractivity contribution in [2.24, 2.45) is 5.92 Å². The monoisotopic (exact) mass is 233 g/mol. The smallest absolute Gasteiger partial charge is 0.164 e. The lowest BCUT2D eigenvalue weighted by Gasteiger charge is -2.03. The first-order valence-corrected chi connectivity index (χ1v) is 6.41. The molecule has 16 heavy (non-hydrogen) atoms. The molecule has 0 saturated carbocycles. The van der Waals surface area contributed by atoms with Crippen LogP contribution in [0.2, 0.25) is 0 Å². The third-order valence-corrected chi connectivity index (χ3v) is 3.43. The number of aromatic nitrogens is 1. The van der Waals surface area contributed by atoms with Crippen LogP contribution in [0.5, 0.6) is 0 Å². The third-order valence-electron chi connectivity index (χ3n) is 2.57. The molecule has 0 N–H and O–H groups in total. The van der Waals surface area contributed by atoms with E-state index in [0.717, 1.165) is 22.2 Å². The third kappa shape index (κ3) is 2.47. The minimum Gasteiger partial charge on any atom is -0.294 e. The molecule has 0 fully saturated rings. The van der Waals surface area contributed by atoms with E-state index in [1.54, 1.807) is 17.5 Å². The number of rotatable bonds is 4. The van der Waals surface area contributed by atoms with Gasteiger partial charge in [0.1, 0.15) is 0 Å². The van der Waals surface area contributed by atoms with Crippen LogP contribution in [0.25, 0.3) is 10.2 Å². The van der Waals surface area contributed by atoms with Gasteiger partial charge in [-0.05, 0) is 29.9 Å². The van der Waals surface area contributed by atoms with Gasteiger partial charge in [-0.3, -0.25) is 9.78 Å². The zero-order valence-electron chi connectivity index (χ0n) is 9.56. The molecule has 0 aliphatic carbocycles. The number of nitrogens with zero attached hydrogens (tertiary/aromatic N) is 1. The number of pyridine rings is 1. The van der Waals surface area contributed by atoms with E-state index in [4.69, 9.17) is 0 Å². The Hall–Kier alpha value is -1.22. The van der Waals surface area contributed by atoms with Crippen LogP contribution in [0.3, 0.4) is 0 Å². The van der Waals surface area contributed by atoms with Gasteiger partial charge >= 0.3 is 0 Å². The molecule has 0 spiro atoms. The molecular weight excluding hydrogens is 218 g/mol. The van der Waals surface area contributed by atoms with Gasteiger partial charge in [0.2, 0.25) is 0 Å². The lowest BCUT2D eigenvalue weighted by Crippen LogP contribution is -2.01. The van der Waals surface area contributed by atoms with E-state index in [0.29, 0.717) is 12.3 Å². The minimum absolute atomic E-state index is 0.205. The van der Waals surface area contributed by atoms with Gasteiger partial charge in [-0.2, -0.15) is 0 Å². The summed E-state index contributed by atoms with van der Waals surface area (Å²) in [5.74, 6) is 0.777. The summed E-state index contributed by atoms with van der Waals surface area (Å²) in [6.07, 6.45) is 3.26. The molecule has 2 rings (SSSR count). The first-order chi connectivity index (χ1) is 7.66. The molecule has 3 heteroatoms. The van der Waals surface area contributed by atoms with E-state index >= 15 is 0 Å². The molecule has 0 aromatic carbocycles. The standard InChI is InChI=1S/C13H15NOS/c1-9(2)3-4-12(15)10-7-13-11(14-8-10)5-6-16-13/h5-9H,3-4H2,1-2H3. The number of Topliss-reactive ketones (excluding diaryl/α,β-unsaturated/α-hetero) is 1. The van der Waals surface area contributed by atoms with Gasteiger partial charge in [0, 0.05) is 18.2 Å². The topological polar surface area (TPSA) is 30.0 Å². The number of carbonyl (C=O) groups is 1. The maximum absolute atomic E-state index is 11.9. The highest BCUT2D eigenvalue weighted by Crippen LogP contribution is 2.20. The van der Waals surface area contributed by atoms with Gasteiger partial charge in [-0.15, -0.1) is 11.3 Å². The van der Waals surface area contributed by atoms with Gasteiger partial charge in [0.15, 0.2) is 5.78 Å². The molecule has 2 heterocycles. The number of ketones is 1. The normalized spacial score (nSPS) is 11.2. The van der Waals surface area contributed by atoms with E-state index in [9.17, 15) is 4.79 Å². The molecule has 0 bridgehead atoms. The maximum Gasteiger partial charge on any atom is 0.164 e. The van der Waals surface area contributed by atoms with Crippen molar-refractivity contribution >= 4 is 27.3 Å². The molecular formula is C13H15NOS. The number of hydrogen-bond acceptors (Lipinski definition) is 3. The first-order valence-electron chi connectivity index (χ1n) is 5.53. The average molecular weight is 233 g/mol. The van der Waals surface area contributed by atoms with Crippen molar-refractivity contribution in [2.75, 3.05) is 0 Å². The molecule has 0 radical (unpaired) electrons. The van der Waals surface area contributed by atoms with Crippen LogP contribution in [-0.2, 0) is 0 Å². The SMILES string of the molecule is CC(C)CCC(=O)c1cnc2ccsc2c1. The Morgan fingerprint density at radius 1 is 1.50 bits per heavy atom. The Labute approximate surface area is 99.3 Å². The van der Waals surface area contributed by atoms with Crippen LogP contribution in [0, 0.1) is 5.92 Å². The summed E-state index contributed by atoms with van der Waals surface area (Å²) in [5.41, 5.74) is 1.72. The highest BCUT2D eigenvalue weighted by atomic mass is 32.1. The molecule has 2 aromatic rings. The minimum atomic E-state index is 0.205. The van der Waals surface area contributed by atoms with Crippen molar-refractivity contribution in [3.63, 3.8) is 0 Å². The summed E-state index contributed by atoms with van der Waals surface area (Å²) in [5, 5.41) is 2.00.